The van der Waals surface area contributed by atoms with Crippen molar-refractivity contribution in [1.82, 2.24) is 0 Å². The molecule has 0 amide bonds. The van der Waals surface area contributed by atoms with Crippen LogP contribution in [0.4, 0.5) is 0 Å². The molecule has 5 atom stereocenters. The summed E-state index contributed by atoms with van der Waals surface area (Å²) in [6.07, 6.45) is 34.1. The molecule has 288 valence electrons. The van der Waals surface area contributed by atoms with Gasteiger partial charge in [-0.1, -0.05) is 142 Å². The summed E-state index contributed by atoms with van der Waals surface area (Å²) in [6, 6.07) is 0. The topological polar surface area (TPSA) is 99.4 Å². The highest BCUT2D eigenvalue weighted by Crippen LogP contribution is 2.28. The van der Waals surface area contributed by atoms with Crippen molar-refractivity contribution in [2.45, 2.75) is 138 Å². The Morgan fingerprint density at radius 1 is 0.596 bits per heavy atom. The molecule has 6 nitrogen and oxygen atoms in total. The van der Waals surface area contributed by atoms with Gasteiger partial charge in [0.1, 0.15) is 24.4 Å². The van der Waals surface area contributed by atoms with Crippen molar-refractivity contribution in [2.24, 2.45) is 0 Å². The molecule has 0 aromatic rings. The summed E-state index contributed by atoms with van der Waals surface area (Å²) in [5.41, 5.74) is 8.05. The van der Waals surface area contributed by atoms with Crippen LogP contribution in [0.25, 0.3) is 0 Å². The third-order valence-corrected chi connectivity index (χ3v) is 8.47. The van der Waals surface area contributed by atoms with Gasteiger partial charge in [-0.15, -0.1) is 0 Å². The Labute approximate surface area is 315 Å². The standard InChI is InChI=1S/C46H68O6/c1-34(2)19-13-22-37(5)25-16-28-38(6)26-14-23-35(3)20-11-12-21-36(4)24-15-27-39(7)29-17-30-40(8)31-18-32-46(9,10)52-45-44(50)43(49)42(48)41(33-47)51-45/h11-12,14-17,19-21,23-30,41-45,47-50H,13,18,22,31-33H2,1-10H3. The molecule has 1 aliphatic rings. The zero-order valence-corrected chi connectivity index (χ0v) is 33.5. The van der Waals surface area contributed by atoms with Gasteiger partial charge in [0.15, 0.2) is 6.29 Å². The lowest BCUT2D eigenvalue weighted by Crippen LogP contribution is -2.60. The molecule has 0 aromatic heterocycles. The molecule has 0 aromatic carbocycles. The van der Waals surface area contributed by atoms with Crippen LogP contribution in [0, 0.1) is 0 Å². The predicted octanol–water partition coefficient (Wildman–Crippen LogP) is 9.96. The Balaban J connectivity index is 2.51. The quantitative estimate of drug-likeness (QED) is 0.0740. The van der Waals surface area contributed by atoms with Gasteiger partial charge < -0.3 is 29.9 Å². The fourth-order valence-corrected chi connectivity index (χ4v) is 5.15. The van der Waals surface area contributed by atoms with Gasteiger partial charge in [-0.2, -0.15) is 0 Å². The first kappa shape index (κ1) is 46.7. The number of aliphatic hydroxyl groups excluding tert-OH is 4. The van der Waals surface area contributed by atoms with E-state index in [0.29, 0.717) is 6.42 Å². The molecule has 4 N–H and O–H groups in total. The van der Waals surface area contributed by atoms with Gasteiger partial charge >= 0.3 is 0 Å². The van der Waals surface area contributed by atoms with Crippen molar-refractivity contribution in [3.8, 4) is 0 Å². The molecule has 1 aliphatic heterocycles. The minimum absolute atomic E-state index is 0.480. The second-order valence-corrected chi connectivity index (χ2v) is 14.7. The minimum atomic E-state index is -1.45. The Morgan fingerprint density at radius 2 is 1.04 bits per heavy atom. The molecule has 6 heteroatoms. The third kappa shape index (κ3) is 21.2. The summed E-state index contributed by atoms with van der Waals surface area (Å²) < 4.78 is 11.5. The van der Waals surface area contributed by atoms with E-state index < -0.39 is 42.9 Å². The molecule has 0 aliphatic carbocycles. The van der Waals surface area contributed by atoms with Crippen LogP contribution in [-0.2, 0) is 9.47 Å². The summed E-state index contributed by atoms with van der Waals surface area (Å²) in [5.74, 6) is 0. The summed E-state index contributed by atoms with van der Waals surface area (Å²) in [6.45, 7) is 20.2. The maximum atomic E-state index is 10.3. The highest BCUT2D eigenvalue weighted by Gasteiger charge is 2.45. The predicted molar refractivity (Wildman–Crippen MR) is 220 cm³/mol. The molecule has 1 saturated heterocycles. The van der Waals surface area contributed by atoms with E-state index in [1.165, 1.54) is 27.9 Å². The number of rotatable bonds is 20. The molecule has 0 spiro atoms. The van der Waals surface area contributed by atoms with Crippen LogP contribution in [0.15, 0.2) is 142 Å². The average molecular weight is 717 g/mol. The third-order valence-electron chi connectivity index (χ3n) is 8.47. The van der Waals surface area contributed by atoms with Gasteiger partial charge in [-0.05, 0) is 101 Å². The van der Waals surface area contributed by atoms with Crippen LogP contribution in [0.2, 0.25) is 0 Å². The van der Waals surface area contributed by atoms with E-state index in [1.807, 2.05) is 13.8 Å². The van der Waals surface area contributed by atoms with Gasteiger partial charge in [-0.3, -0.25) is 0 Å². The Bertz CT molecular complexity index is 1450. The maximum absolute atomic E-state index is 10.3. The van der Waals surface area contributed by atoms with Gasteiger partial charge in [0.05, 0.1) is 12.2 Å². The van der Waals surface area contributed by atoms with Gasteiger partial charge in [0.25, 0.3) is 0 Å². The molecule has 1 fully saturated rings. The van der Waals surface area contributed by atoms with Crippen LogP contribution >= 0.6 is 0 Å². The van der Waals surface area contributed by atoms with Crippen molar-refractivity contribution in [3.05, 3.63) is 142 Å². The first-order valence-corrected chi connectivity index (χ1v) is 18.6. The summed E-state index contributed by atoms with van der Waals surface area (Å²) in [5, 5.41) is 39.7. The van der Waals surface area contributed by atoms with Crippen molar-refractivity contribution < 1.29 is 29.9 Å². The summed E-state index contributed by atoms with van der Waals surface area (Å²) >= 11 is 0. The number of aliphatic hydroxyl groups is 4. The number of hydrogen-bond acceptors (Lipinski definition) is 6. The van der Waals surface area contributed by atoms with E-state index in [2.05, 4.69) is 159 Å². The fourth-order valence-electron chi connectivity index (χ4n) is 5.15. The second kappa shape index (κ2) is 25.6. The van der Waals surface area contributed by atoms with E-state index in [9.17, 15) is 20.4 Å². The summed E-state index contributed by atoms with van der Waals surface area (Å²) in [7, 11) is 0. The number of hydrogen-bond donors (Lipinski definition) is 4. The average Bonchev–Trinajstić information content (AvgIpc) is 3.06. The van der Waals surface area contributed by atoms with Crippen molar-refractivity contribution >= 4 is 0 Å². The van der Waals surface area contributed by atoms with Crippen molar-refractivity contribution in [1.29, 1.82) is 0 Å². The number of ether oxygens (including phenoxy) is 2. The van der Waals surface area contributed by atoms with E-state index in [-0.39, 0.29) is 0 Å². The molecular formula is C46H68O6. The highest BCUT2D eigenvalue weighted by atomic mass is 16.7. The van der Waals surface area contributed by atoms with Crippen LogP contribution in [0.3, 0.4) is 0 Å². The van der Waals surface area contributed by atoms with Gasteiger partial charge in [0.2, 0.25) is 0 Å². The van der Waals surface area contributed by atoms with Crippen LogP contribution in [0.1, 0.15) is 101 Å². The molecule has 5 unspecified atom stereocenters. The lowest BCUT2D eigenvalue weighted by Gasteiger charge is -2.42. The molecule has 1 rings (SSSR count). The normalized spacial score (nSPS) is 23.8. The molecular weight excluding hydrogens is 649 g/mol. The van der Waals surface area contributed by atoms with Gasteiger partial charge in [0, 0.05) is 0 Å². The smallest absolute Gasteiger partial charge is 0.187 e. The minimum Gasteiger partial charge on any atom is -0.394 e. The highest BCUT2D eigenvalue weighted by molar-refractivity contribution is 5.32. The number of allylic oxidation sites excluding steroid dienone is 24. The Kier molecular flexibility index (Phi) is 23.0. The largest absolute Gasteiger partial charge is 0.394 e. The van der Waals surface area contributed by atoms with Crippen LogP contribution in [0.5, 0.6) is 0 Å². The molecule has 1 heterocycles. The molecule has 52 heavy (non-hydrogen) atoms. The lowest BCUT2D eigenvalue weighted by molar-refractivity contribution is -0.323. The zero-order chi connectivity index (χ0) is 39.1. The SMILES string of the molecule is CC(C)=CCCC(C)=CC=CC(C)=CC=CC(C)=CC=CC=C(C)C=CC=C(C)C=CC=C(C)CCCC(C)(C)OC1OC(CO)C(O)C(O)C1O. The van der Waals surface area contributed by atoms with E-state index >= 15 is 0 Å². The van der Waals surface area contributed by atoms with Crippen molar-refractivity contribution in [3.63, 3.8) is 0 Å². The fraction of sp³-hybridized carbons (Fsp3) is 0.478. The first-order chi connectivity index (χ1) is 24.5. The van der Waals surface area contributed by atoms with Crippen LogP contribution in [-0.4, -0.2) is 63.3 Å². The van der Waals surface area contributed by atoms with E-state index in [4.69, 9.17) is 9.47 Å². The summed E-state index contributed by atoms with van der Waals surface area (Å²) in [4.78, 5) is 0. The second-order valence-electron chi connectivity index (χ2n) is 14.7. The Hall–Kier alpha value is -3.36. The van der Waals surface area contributed by atoms with Crippen LogP contribution < -0.4 is 0 Å². The molecule has 0 bridgehead atoms. The van der Waals surface area contributed by atoms with E-state index in [1.54, 1.807) is 0 Å². The molecule has 0 radical (unpaired) electrons. The first-order valence-electron chi connectivity index (χ1n) is 18.6. The van der Waals surface area contributed by atoms with E-state index in [0.717, 1.165) is 36.8 Å². The van der Waals surface area contributed by atoms with Gasteiger partial charge in [-0.25, -0.2) is 0 Å². The molecule has 0 saturated carbocycles. The lowest BCUT2D eigenvalue weighted by atomic mass is 9.96. The monoisotopic (exact) mass is 717 g/mol. The maximum Gasteiger partial charge on any atom is 0.187 e. The zero-order valence-electron chi connectivity index (χ0n) is 33.5. The Morgan fingerprint density at radius 3 is 1.50 bits per heavy atom. The van der Waals surface area contributed by atoms with Crippen molar-refractivity contribution in [2.75, 3.05) is 6.61 Å².